The van der Waals surface area contributed by atoms with Gasteiger partial charge in [-0.1, -0.05) is 78.9 Å². The molecular formula is C29H25N3O2. The SMILES string of the molecule is CCOC(=O)/C(C#N)=C/c1ccc(N2N=C(C=Cc3ccccc3)CC2c2ccccc2)cc1. The molecule has 3 aromatic rings. The summed E-state index contributed by atoms with van der Waals surface area (Å²) in [7, 11) is 0. The van der Waals surface area contributed by atoms with Crippen LogP contribution in [0.2, 0.25) is 0 Å². The Hall–Kier alpha value is -4.43. The number of hydrogen-bond donors (Lipinski definition) is 0. The number of hydrogen-bond acceptors (Lipinski definition) is 5. The van der Waals surface area contributed by atoms with Crippen molar-refractivity contribution < 1.29 is 9.53 Å². The topological polar surface area (TPSA) is 65.7 Å². The summed E-state index contributed by atoms with van der Waals surface area (Å²) in [6, 6.07) is 30.1. The highest BCUT2D eigenvalue weighted by Crippen LogP contribution is 2.35. The van der Waals surface area contributed by atoms with E-state index in [0.717, 1.165) is 28.9 Å². The standard InChI is InChI=1S/C29H25N3O2/c1-2-34-29(33)25(21-30)19-23-14-17-27(18-15-23)32-28(24-11-7-4-8-12-24)20-26(31-32)16-13-22-9-5-3-6-10-22/h3-19,28H,2,20H2,1H3/b16-13?,25-19+. The van der Waals surface area contributed by atoms with Gasteiger partial charge >= 0.3 is 5.97 Å². The second-order valence-electron chi connectivity index (χ2n) is 7.79. The third-order valence-electron chi connectivity index (χ3n) is 5.47. The van der Waals surface area contributed by atoms with Crippen LogP contribution in [0.25, 0.3) is 12.2 Å². The summed E-state index contributed by atoms with van der Waals surface area (Å²) in [4.78, 5) is 11.9. The highest BCUT2D eigenvalue weighted by atomic mass is 16.5. The minimum Gasteiger partial charge on any atom is -0.462 e. The van der Waals surface area contributed by atoms with E-state index in [-0.39, 0.29) is 18.2 Å². The second-order valence-corrected chi connectivity index (χ2v) is 7.79. The molecule has 0 bridgehead atoms. The van der Waals surface area contributed by atoms with Crippen molar-refractivity contribution in [3.63, 3.8) is 0 Å². The predicted molar refractivity (Wildman–Crippen MR) is 136 cm³/mol. The summed E-state index contributed by atoms with van der Waals surface area (Å²) in [5.74, 6) is -0.614. The Morgan fingerprint density at radius 3 is 2.32 bits per heavy atom. The molecule has 1 heterocycles. The van der Waals surface area contributed by atoms with Gasteiger partial charge in [0.2, 0.25) is 0 Å². The van der Waals surface area contributed by atoms with Crippen LogP contribution >= 0.6 is 0 Å². The highest BCUT2D eigenvalue weighted by molar-refractivity contribution is 6.01. The zero-order valence-corrected chi connectivity index (χ0v) is 19.0. The largest absolute Gasteiger partial charge is 0.462 e. The predicted octanol–water partition coefficient (Wildman–Crippen LogP) is 6.18. The fraction of sp³-hybridized carbons (Fsp3) is 0.138. The molecule has 4 rings (SSSR count). The van der Waals surface area contributed by atoms with E-state index in [9.17, 15) is 10.1 Å². The molecule has 0 radical (unpaired) electrons. The van der Waals surface area contributed by atoms with Crippen LogP contribution in [0.15, 0.2) is 102 Å². The number of carbonyl (C=O) groups excluding carboxylic acids is 1. The lowest BCUT2D eigenvalue weighted by Crippen LogP contribution is -2.18. The van der Waals surface area contributed by atoms with Crippen LogP contribution < -0.4 is 5.01 Å². The van der Waals surface area contributed by atoms with Crippen LogP contribution in [0.5, 0.6) is 0 Å². The number of anilines is 1. The normalized spacial score (nSPS) is 15.8. The van der Waals surface area contributed by atoms with E-state index in [1.807, 2.05) is 71.7 Å². The van der Waals surface area contributed by atoms with Gasteiger partial charge in [-0.15, -0.1) is 0 Å². The molecule has 1 unspecified atom stereocenters. The van der Waals surface area contributed by atoms with Gasteiger partial charge in [-0.05, 0) is 47.9 Å². The summed E-state index contributed by atoms with van der Waals surface area (Å²) >= 11 is 0. The fourth-order valence-corrected chi connectivity index (χ4v) is 3.80. The molecular weight excluding hydrogens is 422 g/mol. The lowest BCUT2D eigenvalue weighted by Gasteiger charge is -2.24. The Balaban J connectivity index is 1.61. The first-order valence-corrected chi connectivity index (χ1v) is 11.2. The summed E-state index contributed by atoms with van der Waals surface area (Å²) in [5.41, 5.74) is 4.97. The van der Waals surface area contributed by atoms with E-state index in [0.29, 0.717) is 0 Å². The van der Waals surface area contributed by atoms with Gasteiger partial charge in [0.25, 0.3) is 0 Å². The highest BCUT2D eigenvalue weighted by Gasteiger charge is 2.28. The molecule has 5 nitrogen and oxygen atoms in total. The molecule has 0 aliphatic carbocycles. The van der Waals surface area contributed by atoms with Gasteiger partial charge in [0.15, 0.2) is 0 Å². The number of nitrogens with zero attached hydrogens (tertiary/aromatic N) is 3. The number of hydrazone groups is 1. The van der Waals surface area contributed by atoms with E-state index < -0.39 is 5.97 Å². The minimum absolute atomic E-state index is 0.0238. The first kappa shape index (κ1) is 22.8. The molecule has 0 amide bonds. The van der Waals surface area contributed by atoms with Crippen molar-refractivity contribution in [1.82, 2.24) is 0 Å². The smallest absolute Gasteiger partial charge is 0.348 e. The van der Waals surface area contributed by atoms with Crippen LogP contribution in [0.4, 0.5) is 5.69 Å². The first-order valence-electron chi connectivity index (χ1n) is 11.2. The van der Waals surface area contributed by atoms with Gasteiger partial charge < -0.3 is 4.74 Å². The fourth-order valence-electron chi connectivity index (χ4n) is 3.80. The van der Waals surface area contributed by atoms with Gasteiger partial charge in [-0.3, -0.25) is 5.01 Å². The average Bonchev–Trinajstić information content (AvgIpc) is 3.32. The van der Waals surface area contributed by atoms with Gasteiger partial charge in [0.05, 0.1) is 24.0 Å². The molecule has 0 saturated heterocycles. The Bertz CT molecular complexity index is 1250. The molecule has 1 atom stereocenters. The zero-order valence-electron chi connectivity index (χ0n) is 19.0. The molecule has 34 heavy (non-hydrogen) atoms. The van der Waals surface area contributed by atoms with E-state index in [2.05, 4.69) is 36.4 Å². The number of ether oxygens (including phenoxy) is 1. The monoisotopic (exact) mass is 447 g/mol. The van der Waals surface area contributed by atoms with E-state index in [1.54, 1.807) is 6.92 Å². The molecule has 0 N–H and O–H groups in total. The Morgan fingerprint density at radius 1 is 1.00 bits per heavy atom. The molecule has 0 spiro atoms. The van der Waals surface area contributed by atoms with Crippen LogP contribution in [-0.4, -0.2) is 18.3 Å². The number of allylic oxidation sites excluding steroid dienone is 1. The maximum atomic E-state index is 11.9. The van der Waals surface area contributed by atoms with Crippen LogP contribution in [0, 0.1) is 11.3 Å². The van der Waals surface area contributed by atoms with Crippen molar-refractivity contribution in [3.05, 3.63) is 113 Å². The minimum atomic E-state index is -0.614. The third kappa shape index (κ3) is 5.48. The van der Waals surface area contributed by atoms with Crippen LogP contribution in [0.3, 0.4) is 0 Å². The van der Waals surface area contributed by atoms with Crippen LogP contribution in [0.1, 0.15) is 36.1 Å². The van der Waals surface area contributed by atoms with Crippen molar-refractivity contribution in [2.45, 2.75) is 19.4 Å². The molecule has 0 aromatic heterocycles. The Labute approximate surface area is 199 Å². The van der Waals surface area contributed by atoms with E-state index in [4.69, 9.17) is 9.84 Å². The van der Waals surface area contributed by atoms with E-state index in [1.165, 1.54) is 11.6 Å². The third-order valence-corrected chi connectivity index (χ3v) is 5.47. The summed E-state index contributed by atoms with van der Waals surface area (Å²) < 4.78 is 4.94. The average molecular weight is 448 g/mol. The molecule has 1 aliphatic heterocycles. The molecule has 3 aromatic carbocycles. The Morgan fingerprint density at radius 2 is 1.68 bits per heavy atom. The lowest BCUT2D eigenvalue weighted by atomic mass is 10.0. The summed E-state index contributed by atoms with van der Waals surface area (Å²) in [6.45, 7) is 1.94. The van der Waals surface area contributed by atoms with Crippen molar-refractivity contribution in [1.29, 1.82) is 5.26 Å². The van der Waals surface area contributed by atoms with Gasteiger partial charge in [0.1, 0.15) is 11.6 Å². The summed E-state index contributed by atoms with van der Waals surface area (Å²) in [5, 5.41) is 16.2. The molecule has 1 aliphatic rings. The number of carbonyl (C=O) groups is 1. The number of rotatable bonds is 7. The molecule has 0 saturated carbocycles. The van der Waals surface area contributed by atoms with Crippen LogP contribution in [-0.2, 0) is 9.53 Å². The molecule has 168 valence electrons. The molecule has 0 fully saturated rings. The van der Waals surface area contributed by atoms with E-state index >= 15 is 0 Å². The first-order chi connectivity index (χ1) is 16.7. The number of nitriles is 1. The van der Waals surface area contributed by atoms with Gasteiger partial charge in [-0.25, -0.2) is 4.79 Å². The zero-order chi connectivity index (χ0) is 23.8. The van der Waals surface area contributed by atoms with Crippen molar-refractivity contribution in [3.8, 4) is 6.07 Å². The van der Waals surface area contributed by atoms with Gasteiger partial charge in [0, 0.05) is 6.42 Å². The number of benzene rings is 3. The maximum Gasteiger partial charge on any atom is 0.348 e. The molecule has 5 heteroatoms. The van der Waals surface area contributed by atoms with Crippen molar-refractivity contribution in [2.24, 2.45) is 5.10 Å². The van der Waals surface area contributed by atoms with Gasteiger partial charge in [-0.2, -0.15) is 10.4 Å². The number of esters is 1. The maximum absolute atomic E-state index is 11.9. The van der Waals surface area contributed by atoms with Crippen molar-refractivity contribution in [2.75, 3.05) is 11.6 Å². The van der Waals surface area contributed by atoms with Crippen molar-refractivity contribution >= 4 is 29.5 Å². The Kier molecular flexibility index (Phi) is 7.32. The quantitative estimate of drug-likeness (QED) is 0.246. The second kappa shape index (κ2) is 10.9. The lowest BCUT2D eigenvalue weighted by molar-refractivity contribution is -0.137. The summed E-state index contributed by atoms with van der Waals surface area (Å²) in [6.07, 6.45) is 6.48.